The van der Waals surface area contributed by atoms with Gasteiger partial charge in [-0.1, -0.05) is 241 Å². The molecule has 0 aliphatic rings. The molecular weight excluding hydrogens is 865 g/mol. The van der Waals surface area contributed by atoms with Crippen LogP contribution in [0.1, 0.15) is 297 Å². The van der Waals surface area contributed by atoms with Crippen LogP contribution in [0.3, 0.4) is 0 Å². The molecule has 0 radical (unpaired) electrons. The SMILES string of the molecule is CC/C=C\C/C=C\C/C=C\C/C=C\CCCCCCC(=O)OC(COC(=O)CCCCCCC/C=C\CCCCCCCCC)COC(=O)CCCCCCCCCCC/C=C\CCCCCCCC. The van der Waals surface area contributed by atoms with E-state index in [0.29, 0.717) is 19.3 Å². The van der Waals surface area contributed by atoms with Crippen molar-refractivity contribution in [1.82, 2.24) is 0 Å². The molecule has 0 saturated carbocycles. The van der Waals surface area contributed by atoms with E-state index in [4.69, 9.17) is 14.2 Å². The number of hydrogen-bond acceptors (Lipinski definition) is 6. The Morgan fingerprint density at radius 1 is 0.300 bits per heavy atom. The fourth-order valence-electron chi connectivity index (χ4n) is 8.42. The number of unbranched alkanes of at least 4 members (excludes halogenated alkanes) is 31. The molecule has 6 heteroatoms. The maximum atomic E-state index is 12.9. The quantitative estimate of drug-likeness (QED) is 0.0261. The van der Waals surface area contributed by atoms with E-state index in [2.05, 4.69) is 93.7 Å². The Labute approximate surface area is 433 Å². The summed E-state index contributed by atoms with van der Waals surface area (Å²) in [6, 6.07) is 0. The predicted molar refractivity (Wildman–Crippen MR) is 302 cm³/mol. The lowest BCUT2D eigenvalue weighted by Crippen LogP contribution is -2.30. The Morgan fingerprint density at radius 2 is 0.557 bits per heavy atom. The first-order valence-electron chi connectivity index (χ1n) is 29.9. The molecule has 404 valence electrons. The Morgan fingerprint density at radius 3 is 0.886 bits per heavy atom. The van der Waals surface area contributed by atoms with E-state index in [-0.39, 0.29) is 31.1 Å². The second-order valence-electron chi connectivity index (χ2n) is 19.9. The van der Waals surface area contributed by atoms with Gasteiger partial charge in [-0.25, -0.2) is 0 Å². The maximum Gasteiger partial charge on any atom is 0.306 e. The molecule has 1 atom stereocenters. The fraction of sp³-hybridized carbons (Fsp3) is 0.766. The first-order valence-corrected chi connectivity index (χ1v) is 29.9. The fourth-order valence-corrected chi connectivity index (χ4v) is 8.42. The molecule has 0 heterocycles. The molecule has 0 spiro atoms. The average Bonchev–Trinajstić information content (AvgIpc) is 3.36. The zero-order chi connectivity index (χ0) is 50.7. The third-order valence-electron chi connectivity index (χ3n) is 12.9. The van der Waals surface area contributed by atoms with Gasteiger partial charge in [0.25, 0.3) is 0 Å². The van der Waals surface area contributed by atoms with Crippen molar-refractivity contribution < 1.29 is 28.6 Å². The zero-order valence-electron chi connectivity index (χ0n) is 46.3. The van der Waals surface area contributed by atoms with Gasteiger partial charge in [-0.05, 0) is 109 Å². The van der Waals surface area contributed by atoms with Crippen molar-refractivity contribution in [3.8, 4) is 0 Å². The van der Waals surface area contributed by atoms with E-state index < -0.39 is 6.10 Å². The van der Waals surface area contributed by atoms with Crippen LogP contribution >= 0.6 is 0 Å². The standard InChI is InChI=1S/C64H112O6/c1-4-7-10-13-16-19-22-25-28-31-32-34-36-39-42-45-48-51-54-57-63(66)69-60-61(59-68-62(65)56-53-50-47-44-41-38-35-30-27-24-21-18-15-12-9-6-3)70-64(67)58-55-52-49-46-43-40-37-33-29-26-23-20-17-14-11-8-5-2/h8,11,17,20,25-26,28-30,35,37,40,61H,4-7,9-10,12-16,18-19,21-24,27,31-34,36,38-39,41-60H2,1-3H3/b11-8-,20-17-,28-25-,29-26-,35-30-,40-37-. The van der Waals surface area contributed by atoms with E-state index in [9.17, 15) is 14.4 Å². The highest BCUT2D eigenvalue weighted by molar-refractivity contribution is 5.71. The Balaban J connectivity index is 4.42. The van der Waals surface area contributed by atoms with Crippen molar-refractivity contribution in [1.29, 1.82) is 0 Å². The first-order chi connectivity index (χ1) is 34.5. The molecule has 1 unspecified atom stereocenters. The Bertz CT molecular complexity index is 1310. The molecule has 0 aliphatic carbocycles. The van der Waals surface area contributed by atoms with Gasteiger partial charge in [0.15, 0.2) is 6.10 Å². The largest absolute Gasteiger partial charge is 0.462 e. The van der Waals surface area contributed by atoms with Gasteiger partial charge in [-0.2, -0.15) is 0 Å². The van der Waals surface area contributed by atoms with E-state index in [1.54, 1.807) is 0 Å². The van der Waals surface area contributed by atoms with Crippen LogP contribution < -0.4 is 0 Å². The molecule has 0 saturated heterocycles. The third kappa shape index (κ3) is 55.8. The highest BCUT2D eigenvalue weighted by atomic mass is 16.6. The van der Waals surface area contributed by atoms with Crippen LogP contribution in [0.5, 0.6) is 0 Å². The highest BCUT2D eigenvalue weighted by Gasteiger charge is 2.19. The van der Waals surface area contributed by atoms with E-state index >= 15 is 0 Å². The lowest BCUT2D eigenvalue weighted by molar-refractivity contribution is -0.167. The molecule has 0 bridgehead atoms. The summed E-state index contributed by atoms with van der Waals surface area (Å²) in [5, 5.41) is 0. The van der Waals surface area contributed by atoms with E-state index in [0.717, 1.165) is 103 Å². The van der Waals surface area contributed by atoms with Crippen LogP contribution in [0.2, 0.25) is 0 Å². The summed E-state index contributed by atoms with van der Waals surface area (Å²) >= 11 is 0. The molecule has 0 rings (SSSR count). The second-order valence-corrected chi connectivity index (χ2v) is 19.9. The zero-order valence-corrected chi connectivity index (χ0v) is 46.3. The van der Waals surface area contributed by atoms with E-state index in [1.165, 1.54) is 154 Å². The summed E-state index contributed by atoms with van der Waals surface area (Å²) in [5.41, 5.74) is 0. The molecule has 0 fully saturated rings. The van der Waals surface area contributed by atoms with Crippen molar-refractivity contribution in [2.75, 3.05) is 13.2 Å². The van der Waals surface area contributed by atoms with Crippen LogP contribution in [0.4, 0.5) is 0 Å². The third-order valence-corrected chi connectivity index (χ3v) is 12.9. The van der Waals surface area contributed by atoms with Crippen LogP contribution in [0, 0.1) is 0 Å². The second kappa shape index (κ2) is 58.4. The molecule has 70 heavy (non-hydrogen) atoms. The van der Waals surface area contributed by atoms with Gasteiger partial charge in [-0.3, -0.25) is 14.4 Å². The molecule has 0 aromatic heterocycles. The number of ether oxygens (including phenoxy) is 3. The molecule has 0 amide bonds. The van der Waals surface area contributed by atoms with Crippen LogP contribution in [-0.2, 0) is 28.6 Å². The van der Waals surface area contributed by atoms with Crippen molar-refractivity contribution in [2.45, 2.75) is 303 Å². The van der Waals surface area contributed by atoms with Gasteiger partial charge in [0, 0.05) is 19.3 Å². The number of hydrogen-bond donors (Lipinski definition) is 0. The minimum Gasteiger partial charge on any atom is -0.462 e. The van der Waals surface area contributed by atoms with Crippen LogP contribution in [0.15, 0.2) is 72.9 Å². The molecule has 0 aromatic carbocycles. The van der Waals surface area contributed by atoms with Gasteiger partial charge >= 0.3 is 17.9 Å². The molecule has 0 N–H and O–H groups in total. The predicted octanol–water partition coefficient (Wildman–Crippen LogP) is 20.2. The number of allylic oxidation sites excluding steroid dienone is 12. The Hall–Kier alpha value is -3.15. The minimum atomic E-state index is -0.793. The van der Waals surface area contributed by atoms with Gasteiger partial charge < -0.3 is 14.2 Å². The summed E-state index contributed by atoms with van der Waals surface area (Å²) in [7, 11) is 0. The minimum absolute atomic E-state index is 0.0882. The van der Waals surface area contributed by atoms with E-state index in [1.807, 2.05) is 0 Å². The van der Waals surface area contributed by atoms with Crippen molar-refractivity contribution in [2.24, 2.45) is 0 Å². The van der Waals surface area contributed by atoms with Gasteiger partial charge in [0.1, 0.15) is 13.2 Å². The lowest BCUT2D eigenvalue weighted by atomic mass is 10.1. The van der Waals surface area contributed by atoms with Gasteiger partial charge in [0.2, 0.25) is 0 Å². The summed E-state index contributed by atoms with van der Waals surface area (Å²) in [4.78, 5) is 38.2. The summed E-state index contributed by atoms with van der Waals surface area (Å²) in [5.74, 6) is -0.912. The molecular formula is C64H112O6. The number of carbonyl (C=O) groups excluding carboxylic acids is 3. The van der Waals surface area contributed by atoms with Crippen molar-refractivity contribution in [3.05, 3.63) is 72.9 Å². The maximum absolute atomic E-state index is 12.9. The normalized spacial score (nSPS) is 12.6. The molecule has 0 aromatic rings. The topological polar surface area (TPSA) is 78.9 Å². The average molecular weight is 978 g/mol. The molecule has 6 nitrogen and oxygen atoms in total. The van der Waals surface area contributed by atoms with Crippen molar-refractivity contribution in [3.63, 3.8) is 0 Å². The van der Waals surface area contributed by atoms with Gasteiger partial charge in [-0.15, -0.1) is 0 Å². The number of rotatable bonds is 54. The van der Waals surface area contributed by atoms with Crippen LogP contribution in [-0.4, -0.2) is 37.2 Å². The number of carbonyl (C=O) groups is 3. The highest BCUT2D eigenvalue weighted by Crippen LogP contribution is 2.15. The summed E-state index contributed by atoms with van der Waals surface area (Å²) in [6.45, 7) is 6.52. The summed E-state index contributed by atoms with van der Waals surface area (Å²) in [6.07, 6.45) is 74.6. The molecule has 0 aliphatic heterocycles. The summed E-state index contributed by atoms with van der Waals surface area (Å²) < 4.78 is 16.9. The number of esters is 3. The van der Waals surface area contributed by atoms with Crippen LogP contribution in [0.25, 0.3) is 0 Å². The lowest BCUT2D eigenvalue weighted by Gasteiger charge is -2.18. The smallest absolute Gasteiger partial charge is 0.306 e. The monoisotopic (exact) mass is 977 g/mol. The van der Waals surface area contributed by atoms with Gasteiger partial charge in [0.05, 0.1) is 0 Å². The first kappa shape index (κ1) is 66.9. The Kier molecular flexibility index (Phi) is 55.8. The van der Waals surface area contributed by atoms with Crippen molar-refractivity contribution >= 4 is 17.9 Å².